The molecule has 0 fully saturated rings. The zero-order chi connectivity index (χ0) is 18.4. The molecule has 0 aliphatic heterocycles. The van der Waals surface area contributed by atoms with Crippen molar-refractivity contribution in [1.82, 2.24) is 5.32 Å². The van der Waals surface area contributed by atoms with Crippen molar-refractivity contribution in [3.63, 3.8) is 0 Å². The van der Waals surface area contributed by atoms with Crippen LogP contribution in [0.25, 0.3) is 0 Å². The van der Waals surface area contributed by atoms with Gasteiger partial charge < -0.3 is 15.2 Å². The van der Waals surface area contributed by atoms with Crippen molar-refractivity contribution in [2.75, 3.05) is 0 Å². The first-order valence-electron chi connectivity index (χ1n) is 7.42. The summed E-state index contributed by atoms with van der Waals surface area (Å²) in [5, 5.41) is 11.7. The smallest absolute Gasteiger partial charge is 0.326 e. The maximum Gasteiger partial charge on any atom is 0.326 e. The number of carbonyl (C=O) groups is 3. The molecule has 0 radical (unpaired) electrons. The van der Waals surface area contributed by atoms with Crippen LogP contribution in [-0.2, 0) is 16.0 Å². The van der Waals surface area contributed by atoms with E-state index in [0.717, 1.165) is 0 Å². The number of carboxylic acid groups (broad SMARTS) is 1. The highest BCUT2D eigenvalue weighted by Gasteiger charge is 2.21. The molecule has 0 heterocycles. The van der Waals surface area contributed by atoms with Gasteiger partial charge in [-0.2, -0.15) is 0 Å². The molecular weight excluding hydrogens is 329 g/mol. The molecule has 130 valence electrons. The third kappa shape index (κ3) is 5.42. The van der Waals surface area contributed by atoms with E-state index in [4.69, 9.17) is 4.74 Å². The van der Waals surface area contributed by atoms with E-state index in [-0.39, 0.29) is 17.7 Å². The molecule has 7 heteroatoms. The van der Waals surface area contributed by atoms with Crippen molar-refractivity contribution >= 4 is 17.8 Å². The maximum atomic E-state index is 13.2. The zero-order valence-corrected chi connectivity index (χ0v) is 13.4. The normalized spacial score (nSPS) is 11.4. The number of rotatable bonds is 6. The van der Waals surface area contributed by atoms with Crippen LogP contribution in [0.2, 0.25) is 0 Å². The molecule has 0 bridgehead atoms. The Morgan fingerprint density at radius 3 is 2.52 bits per heavy atom. The van der Waals surface area contributed by atoms with E-state index in [9.17, 15) is 23.9 Å². The fourth-order valence-electron chi connectivity index (χ4n) is 2.21. The van der Waals surface area contributed by atoms with Crippen molar-refractivity contribution < 1.29 is 28.6 Å². The molecule has 0 spiro atoms. The van der Waals surface area contributed by atoms with Crippen LogP contribution in [-0.4, -0.2) is 29.0 Å². The minimum Gasteiger partial charge on any atom is -0.480 e. The Balaban J connectivity index is 2.12. The molecule has 1 atom stereocenters. The van der Waals surface area contributed by atoms with Crippen molar-refractivity contribution in [1.29, 1.82) is 0 Å². The number of benzene rings is 2. The molecule has 2 aromatic carbocycles. The Morgan fingerprint density at radius 1 is 1.16 bits per heavy atom. The van der Waals surface area contributed by atoms with Gasteiger partial charge in [0.1, 0.15) is 17.6 Å². The molecule has 1 amide bonds. The SMILES string of the molecule is CC(=O)Oc1cccc(C(=O)N[C@H](Cc2cccc(F)c2)C(=O)O)c1. The summed E-state index contributed by atoms with van der Waals surface area (Å²) in [5.74, 6) is -2.72. The quantitative estimate of drug-likeness (QED) is 0.618. The summed E-state index contributed by atoms with van der Waals surface area (Å²) in [5.41, 5.74) is 0.589. The third-order valence-electron chi connectivity index (χ3n) is 3.29. The summed E-state index contributed by atoms with van der Waals surface area (Å²) in [6.07, 6.45) is -0.0670. The average Bonchev–Trinajstić information content (AvgIpc) is 2.53. The van der Waals surface area contributed by atoms with Gasteiger partial charge in [-0.05, 0) is 35.9 Å². The minimum absolute atomic E-state index is 0.0670. The number of amides is 1. The van der Waals surface area contributed by atoms with Crippen LogP contribution >= 0.6 is 0 Å². The van der Waals surface area contributed by atoms with Crippen LogP contribution in [0.15, 0.2) is 48.5 Å². The lowest BCUT2D eigenvalue weighted by Gasteiger charge is -2.15. The fraction of sp³-hybridized carbons (Fsp3) is 0.167. The Labute approximate surface area is 143 Å². The molecule has 0 unspecified atom stereocenters. The van der Waals surface area contributed by atoms with Crippen LogP contribution in [0.5, 0.6) is 5.75 Å². The van der Waals surface area contributed by atoms with Crippen LogP contribution < -0.4 is 10.1 Å². The average molecular weight is 345 g/mol. The number of esters is 1. The lowest BCUT2D eigenvalue weighted by Crippen LogP contribution is -2.42. The van der Waals surface area contributed by atoms with Gasteiger partial charge in [0.05, 0.1) is 0 Å². The van der Waals surface area contributed by atoms with Crippen LogP contribution in [0, 0.1) is 5.82 Å². The summed E-state index contributed by atoms with van der Waals surface area (Å²) in [6.45, 7) is 1.23. The molecule has 0 aliphatic carbocycles. The van der Waals surface area contributed by atoms with Crippen LogP contribution in [0.4, 0.5) is 4.39 Å². The topological polar surface area (TPSA) is 92.7 Å². The van der Waals surface area contributed by atoms with E-state index in [2.05, 4.69) is 5.32 Å². The van der Waals surface area contributed by atoms with Gasteiger partial charge in [0.2, 0.25) is 0 Å². The largest absolute Gasteiger partial charge is 0.480 e. The summed E-state index contributed by atoms with van der Waals surface area (Å²) < 4.78 is 18.1. The lowest BCUT2D eigenvalue weighted by atomic mass is 10.1. The molecule has 0 aromatic heterocycles. The highest BCUT2D eigenvalue weighted by Crippen LogP contribution is 2.14. The summed E-state index contributed by atoms with van der Waals surface area (Å²) in [6, 6.07) is 10.1. The monoisotopic (exact) mass is 345 g/mol. The van der Waals surface area contributed by atoms with Gasteiger partial charge in [0.25, 0.3) is 5.91 Å². The Kier molecular flexibility index (Phi) is 5.84. The Hall–Kier alpha value is -3.22. The van der Waals surface area contributed by atoms with Crippen LogP contribution in [0.3, 0.4) is 0 Å². The van der Waals surface area contributed by atoms with Gasteiger partial charge >= 0.3 is 11.9 Å². The fourth-order valence-corrected chi connectivity index (χ4v) is 2.21. The number of ether oxygens (including phenoxy) is 1. The first kappa shape index (κ1) is 18.1. The number of hydrogen-bond donors (Lipinski definition) is 2. The van der Waals surface area contributed by atoms with Crippen molar-refractivity contribution in [3.05, 3.63) is 65.5 Å². The van der Waals surface area contributed by atoms with Gasteiger partial charge in [-0.15, -0.1) is 0 Å². The molecule has 0 aliphatic rings. The lowest BCUT2D eigenvalue weighted by molar-refractivity contribution is -0.139. The van der Waals surface area contributed by atoms with E-state index in [0.29, 0.717) is 5.56 Å². The molecule has 25 heavy (non-hydrogen) atoms. The van der Waals surface area contributed by atoms with E-state index in [1.165, 1.54) is 49.4 Å². The van der Waals surface area contributed by atoms with E-state index < -0.39 is 29.7 Å². The first-order valence-corrected chi connectivity index (χ1v) is 7.42. The number of halogens is 1. The molecule has 6 nitrogen and oxygen atoms in total. The number of carboxylic acids is 1. The Bertz CT molecular complexity index is 806. The van der Waals surface area contributed by atoms with Gasteiger partial charge in [-0.1, -0.05) is 18.2 Å². The Morgan fingerprint density at radius 2 is 1.88 bits per heavy atom. The minimum atomic E-state index is -1.24. The second-order valence-corrected chi connectivity index (χ2v) is 5.32. The van der Waals surface area contributed by atoms with E-state index >= 15 is 0 Å². The number of nitrogens with one attached hydrogen (secondary N) is 1. The summed E-state index contributed by atoms with van der Waals surface area (Å²) >= 11 is 0. The van der Waals surface area contributed by atoms with Gasteiger partial charge in [-0.3, -0.25) is 9.59 Å². The van der Waals surface area contributed by atoms with Crippen LogP contribution in [0.1, 0.15) is 22.8 Å². The van der Waals surface area contributed by atoms with Gasteiger partial charge in [0, 0.05) is 18.9 Å². The van der Waals surface area contributed by atoms with Crippen molar-refractivity contribution in [2.24, 2.45) is 0 Å². The highest BCUT2D eigenvalue weighted by atomic mass is 19.1. The molecule has 2 aromatic rings. The highest BCUT2D eigenvalue weighted by molar-refractivity contribution is 5.97. The number of carbonyl (C=O) groups excluding carboxylic acids is 2. The summed E-state index contributed by atoms with van der Waals surface area (Å²) in [7, 11) is 0. The van der Waals surface area contributed by atoms with E-state index in [1.54, 1.807) is 6.07 Å². The van der Waals surface area contributed by atoms with Crippen molar-refractivity contribution in [2.45, 2.75) is 19.4 Å². The molecule has 2 rings (SSSR count). The van der Waals surface area contributed by atoms with Crippen molar-refractivity contribution in [3.8, 4) is 5.75 Å². The number of hydrogen-bond acceptors (Lipinski definition) is 4. The predicted molar refractivity (Wildman–Crippen MR) is 86.7 cm³/mol. The van der Waals surface area contributed by atoms with E-state index in [1.807, 2.05) is 0 Å². The molecular formula is C18H16FNO5. The second-order valence-electron chi connectivity index (χ2n) is 5.32. The molecule has 0 saturated carbocycles. The predicted octanol–water partition coefficient (Wildman–Crippen LogP) is 2.18. The first-order chi connectivity index (χ1) is 11.8. The molecule has 0 saturated heterocycles. The third-order valence-corrected chi connectivity index (χ3v) is 3.29. The zero-order valence-electron chi connectivity index (χ0n) is 13.4. The van der Waals surface area contributed by atoms with Gasteiger partial charge in [0.15, 0.2) is 0 Å². The molecule has 2 N–H and O–H groups in total. The maximum absolute atomic E-state index is 13.2. The van der Waals surface area contributed by atoms with Gasteiger partial charge in [-0.25, -0.2) is 9.18 Å². The second kappa shape index (κ2) is 8.05. The number of aliphatic carboxylic acids is 1. The standard InChI is InChI=1S/C18H16FNO5/c1-11(21)25-15-7-3-5-13(10-15)17(22)20-16(18(23)24)9-12-4-2-6-14(19)8-12/h2-8,10,16H,9H2,1H3,(H,20,22)(H,23,24)/t16-/m1/s1. The summed E-state index contributed by atoms with van der Waals surface area (Å²) in [4.78, 5) is 34.6.